The number of hydrogen-bond acceptors (Lipinski definition) is 5. The van der Waals surface area contributed by atoms with E-state index in [1.54, 1.807) is 0 Å². The van der Waals surface area contributed by atoms with Crippen molar-refractivity contribution in [3.05, 3.63) is 48.3 Å². The van der Waals surface area contributed by atoms with E-state index in [0.717, 1.165) is 16.4 Å². The summed E-state index contributed by atoms with van der Waals surface area (Å²) >= 11 is 0. The molecular weight excluding hydrogens is 447 g/mol. The maximum Gasteiger partial charge on any atom is 0.264 e. The summed E-state index contributed by atoms with van der Waals surface area (Å²) in [6.45, 7) is 10.2. The number of halogens is 1. The molecule has 0 fully saturated rings. The lowest BCUT2D eigenvalue weighted by molar-refractivity contribution is -0.121. The van der Waals surface area contributed by atoms with Crippen LogP contribution in [0.3, 0.4) is 0 Å². The van der Waals surface area contributed by atoms with Crippen molar-refractivity contribution in [3.63, 3.8) is 0 Å². The van der Waals surface area contributed by atoms with Gasteiger partial charge in [-0.3, -0.25) is 9.10 Å². The minimum Gasteiger partial charge on any atom is -0.486 e. The molecule has 0 bridgehead atoms. The molecule has 7 nitrogen and oxygen atoms in total. The fraction of sp³-hybridized carbons (Fsp3) is 0.458. The molecule has 3 rings (SSSR count). The molecule has 0 atom stereocenters. The lowest BCUT2D eigenvalue weighted by atomic mass is 9.82. The van der Waals surface area contributed by atoms with Crippen molar-refractivity contribution < 1.29 is 27.1 Å². The van der Waals surface area contributed by atoms with E-state index in [2.05, 4.69) is 26.1 Å². The highest BCUT2D eigenvalue weighted by molar-refractivity contribution is 7.92. The molecule has 1 N–H and O–H groups in total. The first-order valence-electron chi connectivity index (χ1n) is 10.8. The van der Waals surface area contributed by atoms with Crippen LogP contribution in [0.4, 0.5) is 10.1 Å². The highest BCUT2D eigenvalue weighted by Gasteiger charge is 2.32. The van der Waals surface area contributed by atoms with Crippen LogP contribution < -0.4 is 19.1 Å². The molecule has 0 radical (unpaired) electrons. The first kappa shape index (κ1) is 24.8. The van der Waals surface area contributed by atoms with Gasteiger partial charge in [-0.25, -0.2) is 12.8 Å². The molecule has 33 heavy (non-hydrogen) atoms. The molecule has 180 valence electrons. The number of hydrogen-bond donors (Lipinski definition) is 1. The predicted octanol–water partition coefficient (Wildman–Crippen LogP) is 4.12. The van der Waals surface area contributed by atoms with Gasteiger partial charge in [0.25, 0.3) is 10.0 Å². The second kappa shape index (κ2) is 9.21. The summed E-state index contributed by atoms with van der Waals surface area (Å²) in [5.74, 6) is -0.201. The van der Waals surface area contributed by atoms with Crippen molar-refractivity contribution in [2.45, 2.75) is 51.5 Å². The van der Waals surface area contributed by atoms with Gasteiger partial charge in [-0.2, -0.15) is 0 Å². The van der Waals surface area contributed by atoms with Gasteiger partial charge in [0.2, 0.25) is 5.91 Å². The molecular formula is C24H31FN2O5S. The van der Waals surface area contributed by atoms with Gasteiger partial charge in [-0.1, -0.05) is 20.8 Å². The summed E-state index contributed by atoms with van der Waals surface area (Å²) in [4.78, 5) is 12.9. The third kappa shape index (κ3) is 6.37. The van der Waals surface area contributed by atoms with Gasteiger partial charge >= 0.3 is 0 Å². The van der Waals surface area contributed by atoms with Crippen LogP contribution in [-0.4, -0.2) is 39.6 Å². The van der Waals surface area contributed by atoms with E-state index in [-0.39, 0.29) is 16.0 Å². The third-order valence-corrected chi connectivity index (χ3v) is 6.72. The normalized spacial score (nSPS) is 14.0. The van der Waals surface area contributed by atoms with Crippen LogP contribution in [0.25, 0.3) is 0 Å². The molecule has 0 unspecified atom stereocenters. The Bertz CT molecular complexity index is 1110. The first-order valence-corrected chi connectivity index (χ1v) is 12.2. The van der Waals surface area contributed by atoms with E-state index in [4.69, 9.17) is 9.47 Å². The second-order valence-corrected chi connectivity index (χ2v) is 11.8. The Balaban J connectivity index is 1.93. The zero-order chi connectivity index (χ0) is 24.4. The monoisotopic (exact) mass is 478 g/mol. The van der Waals surface area contributed by atoms with Crippen molar-refractivity contribution in [2.24, 2.45) is 5.41 Å². The summed E-state index contributed by atoms with van der Waals surface area (Å²) in [7, 11) is -4.17. The standard InChI is InChI=1S/C24H31FN2O5S/c1-23(2,3)16-24(4,5)26-22(28)15-27(18-8-6-17(25)7-9-18)33(29,30)19-10-11-20-21(14-19)32-13-12-31-20/h6-11,14H,12-13,15-16H2,1-5H3,(H,26,28). The van der Waals surface area contributed by atoms with Gasteiger partial charge in [-0.05, 0) is 62.1 Å². The molecule has 0 aromatic heterocycles. The van der Waals surface area contributed by atoms with Crippen molar-refractivity contribution in [2.75, 3.05) is 24.1 Å². The Hall–Kier alpha value is -2.81. The Morgan fingerprint density at radius 1 is 1.00 bits per heavy atom. The molecule has 1 amide bonds. The van der Waals surface area contributed by atoms with Crippen LogP contribution in [0.15, 0.2) is 47.4 Å². The highest BCUT2D eigenvalue weighted by Crippen LogP contribution is 2.34. The minimum atomic E-state index is -4.17. The molecule has 1 aliphatic heterocycles. The number of fused-ring (bicyclic) bond motifs is 1. The molecule has 0 saturated heterocycles. The fourth-order valence-electron chi connectivity index (χ4n) is 4.15. The van der Waals surface area contributed by atoms with Crippen LogP contribution in [0.5, 0.6) is 11.5 Å². The van der Waals surface area contributed by atoms with Gasteiger partial charge < -0.3 is 14.8 Å². The number of ether oxygens (including phenoxy) is 2. The van der Waals surface area contributed by atoms with Gasteiger partial charge in [0.15, 0.2) is 11.5 Å². The van der Waals surface area contributed by atoms with E-state index in [0.29, 0.717) is 31.1 Å². The average Bonchev–Trinajstić information content (AvgIpc) is 2.70. The SMILES string of the molecule is CC(C)(C)CC(C)(C)NC(=O)CN(c1ccc(F)cc1)S(=O)(=O)c1ccc2c(c1)OCCO2. The molecule has 1 aliphatic rings. The zero-order valence-electron chi connectivity index (χ0n) is 19.6. The number of sulfonamides is 1. The first-order chi connectivity index (χ1) is 15.3. The topological polar surface area (TPSA) is 84.9 Å². The number of carbonyl (C=O) groups excluding carboxylic acids is 1. The number of rotatable bonds is 7. The van der Waals surface area contributed by atoms with Crippen LogP contribution in [-0.2, 0) is 14.8 Å². The number of amides is 1. The summed E-state index contributed by atoms with van der Waals surface area (Å²) in [5.41, 5.74) is -0.412. The zero-order valence-corrected chi connectivity index (χ0v) is 20.5. The fourth-order valence-corrected chi connectivity index (χ4v) is 5.59. The summed E-state index contributed by atoms with van der Waals surface area (Å²) < 4.78 is 52.7. The van der Waals surface area contributed by atoms with E-state index in [9.17, 15) is 17.6 Å². The van der Waals surface area contributed by atoms with Gasteiger partial charge in [0.05, 0.1) is 10.6 Å². The molecule has 0 spiro atoms. The molecule has 2 aromatic rings. The van der Waals surface area contributed by atoms with Gasteiger partial charge in [0, 0.05) is 11.6 Å². The summed E-state index contributed by atoms with van der Waals surface area (Å²) in [5, 5.41) is 2.93. The Labute approximate surface area is 194 Å². The van der Waals surface area contributed by atoms with Crippen molar-refractivity contribution in [3.8, 4) is 11.5 Å². The van der Waals surface area contributed by atoms with Crippen LogP contribution in [0, 0.1) is 11.2 Å². The second-order valence-electron chi connectivity index (χ2n) is 9.96. The van der Waals surface area contributed by atoms with E-state index >= 15 is 0 Å². The summed E-state index contributed by atoms with van der Waals surface area (Å²) in [6.07, 6.45) is 0.692. The molecule has 1 heterocycles. The van der Waals surface area contributed by atoms with Crippen LogP contribution in [0.2, 0.25) is 0 Å². The summed E-state index contributed by atoms with van der Waals surface area (Å²) in [6, 6.07) is 9.28. The Kier molecular flexibility index (Phi) is 6.93. The predicted molar refractivity (Wildman–Crippen MR) is 125 cm³/mol. The van der Waals surface area contributed by atoms with Gasteiger partial charge in [0.1, 0.15) is 25.6 Å². The quantitative estimate of drug-likeness (QED) is 0.647. The van der Waals surface area contributed by atoms with Crippen molar-refractivity contribution >= 4 is 21.6 Å². The number of nitrogens with one attached hydrogen (secondary N) is 1. The van der Waals surface area contributed by atoms with E-state index in [1.165, 1.54) is 30.3 Å². The number of benzene rings is 2. The molecule has 2 aromatic carbocycles. The van der Waals surface area contributed by atoms with Crippen LogP contribution in [0.1, 0.15) is 41.0 Å². The molecule has 0 saturated carbocycles. The van der Waals surface area contributed by atoms with Crippen molar-refractivity contribution in [1.82, 2.24) is 5.32 Å². The number of anilines is 1. The number of carbonyl (C=O) groups is 1. The van der Waals surface area contributed by atoms with Gasteiger partial charge in [-0.15, -0.1) is 0 Å². The Morgan fingerprint density at radius 2 is 1.61 bits per heavy atom. The maximum atomic E-state index is 13.6. The van der Waals surface area contributed by atoms with Crippen molar-refractivity contribution in [1.29, 1.82) is 0 Å². The minimum absolute atomic E-state index is 0.0370. The maximum absolute atomic E-state index is 13.6. The lowest BCUT2D eigenvalue weighted by Gasteiger charge is -2.34. The Morgan fingerprint density at radius 3 is 2.21 bits per heavy atom. The van der Waals surface area contributed by atoms with Crippen LogP contribution >= 0.6 is 0 Å². The average molecular weight is 479 g/mol. The largest absolute Gasteiger partial charge is 0.486 e. The van der Waals surface area contributed by atoms with E-state index < -0.39 is 33.8 Å². The molecule has 0 aliphatic carbocycles. The van der Waals surface area contributed by atoms with E-state index in [1.807, 2.05) is 13.8 Å². The number of nitrogens with zero attached hydrogens (tertiary/aromatic N) is 1. The third-order valence-electron chi connectivity index (χ3n) is 4.95. The highest BCUT2D eigenvalue weighted by atomic mass is 32.2. The molecule has 9 heteroatoms. The smallest absolute Gasteiger partial charge is 0.264 e. The lowest BCUT2D eigenvalue weighted by Crippen LogP contribution is -2.50.